The summed E-state index contributed by atoms with van der Waals surface area (Å²) >= 11 is 3.68. The minimum Gasteiger partial charge on any atom is -0.324 e. The zero-order valence-corrected chi connectivity index (χ0v) is 10.9. The van der Waals surface area contributed by atoms with E-state index in [0.29, 0.717) is 0 Å². The number of rotatable bonds is 4. The minimum atomic E-state index is 0.122. The first-order chi connectivity index (χ1) is 7.75. The number of hydrogen-bond acceptors (Lipinski definition) is 3. The van der Waals surface area contributed by atoms with Crippen molar-refractivity contribution in [1.82, 2.24) is 0 Å². The van der Waals surface area contributed by atoms with Crippen molar-refractivity contribution < 1.29 is 0 Å². The molecule has 3 heteroatoms. The molecule has 1 aromatic heterocycles. The Hall–Kier alpha value is -0.770. The van der Waals surface area contributed by atoms with Crippen LogP contribution in [0.15, 0.2) is 46.7 Å². The van der Waals surface area contributed by atoms with Gasteiger partial charge in [0.05, 0.1) is 0 Å². The summed E-state index contributed by atoms with van der Waals surface area (Å²) in [6, 6.07) is 12.9. The molecule has 2 rings (SSSR count). The predicted octanol–water partition coefficient (Wildman–Crippen LogP) is 4.06. The SMILES string of the molecule is CC(N)c1ccc(SCc2cccs2)cc1. The molecule has 1 unspecified atom stereocenters. The molecule has 0 radical (unpaired) electrons. The van der Waals surface area contributed by atoms with Crippen LogP contribution in [0.4, 0.5) is 0 Å². The second-order valence-electron chi connectivity index (χ2n) is 3.73. The zero-order valence-electron chi connectivity index (χ0n) is 9.22. The maximum atomic E-state index is 5.81. The molecule has 0 saturated heterocycles. The molecule has 0 bridgehead atoms. The first kappa shape index (κ1) is 11.7. The van der Waals surface area contributed by atoms with Crippen LogP contribution in [-0.2, 0) is 5.75 Å². The van der Waals surface area contributed by atoms with E-state index >= 15 is 0 Å². The van der Waals surface area contributed by atoms with E-state index in [2.05, 4.69) is 41.8 Å². The highest BCUT2D eigenvalue weighted by Gasteiger charge is 2.00. The van der Waals surface area contributed by atoms with E-state index in [-0.39, 0.29) is 6.04 Å². The Balaban J connectivity index is 1.95. The molecule has 0 aliphatic heterocycles. The molecule has 0 aliphatic rings. The molecule has 0 aliphatic carbocycles. The number of benzene rings is 1. The molecular weight excluding hydrogens is 234 g/mol. The predicted molar refractivity (Wildman–Crippen MR) is 72.9 cm³/mol. The smallest absolute Gasteiger partial charge is 0.0326 e. The van der Waals surface area contributed by atoms with Crippen LogP contribution < -0.4 is 5.73 Å². The molecule has 1 nitrogen and oxygen atoms in total. The Morgan fingerprint density at radius 1 is 1.25 bits per heavy atom. The van der Waals surface area contributed by atoms with Crippen LogP contribution in [0, 0.1) is 0 Å². The third-order valence-corrected chi connectivity index (χ3v) is 4.49. The van der Waals surface area contributed by atoms with Gasteiger partial charge in [-0.05, 0) is 36.1 Å². The summed E-state index contributed by atoms with van der Waals surface area (Å²) in [6.07, 6.45) is 0. The molecule has 1 aromatic carbocycles. The molecule has 84 valence electrons. The molecule has 1 atom stereocenters. The first-order valence-corrected chi connectivity index (χ1v) is 7.13. The van der Waals surface area contributed by atoms with Gasteiger partial charge in [-0.25, -0.2) is 0 Å². The van der Waals surface area contributed by atoms with Crippen molar-refractivity contribution in [3.63, 3.8) is 0 Å². The van der Waals surface area contributed by atoms with Gasteiger partial charge in [0, 0.05) is 21.6 Å². The van der Waals surface area contributed by atoms with Crippen molar-refractivity contribution in [1.29, 1.82) is 0 Å². The highest BCUT2D eigenvalue weighted by Crippen LogP contribution is 2.25. The largest absolute Gasteiger partial charge is 0.324 e. The number of thiophene rings is 1. The van der Waals surface area contributed by atoms with Crippen molar-refractivity contribution in [3.05, 3.63) is 52.2 Å². The van der Waals surface area contributed by atoms with E-state index in [0.717, 1.165) is 5.75 Å². The molecule has 0 saturated carbocycles. The highest BCUT2D eigenvalue weighted by atomic mass is 32.2. The third-order valence-electron chi connectivity index (χ3n) is 2.37. The van der Waals surface area contributed by atoms with E-state index in [1.165, 1.54) is 15.3 Å². The van der Waals surface area contributed by atoms with Gasteiger partial charge in [-0.1, -0.05) is 18.2 Å². The number of thioether (sulfide) groups is 1. The lowest BCUT2D eigenvalue weighted by Crippen LogP contribution is -2.04. The van der Waals surface area contributed by atoms with E-state index in [9.17, 15) is 0 Å². The monoisotopic (exact) mass is 249 g/mol. The van der Waals surface area contributed by atoms with Crippen molar-refractivity contribution in [2.75, 3.05) is 0 Å². The Bertz CT molecular complexity index is 418. The second kappa shape index (κ2) is 5.53. The second-order valence-corrected chi connectivity index (χ2v) is 5.81. The fourth-order valence-corrected chi connectivity index (χ4v) is 3.09. The maximum absolute atomic E-state index is 5.81. The molecule has 0 amide bonds. The van der Waals surface area contributed by atoms with E-state index in [1.54, 1.807) is 0 Å². The van der Waals surface area contributed by atoms with Crippen LogP contribution in [0.5, 0.6) is 0 Å². The standard InChI is InChI=1S/C13H15NS2/c1-10(14)11-4-6-12(7-5-11)16-9-13-3-2-8-15-13/h2-8,10H,9,14H2,1H3. The van der Waals surface area contributed by atoms with Crippen molar-refractivity contribution in [2.45, 2.75) is 23.6 Å². The Kier molecular flexibility index (Phi) is 4.04. The lowest BCUT2D eigenvalue weighted by atomic mass is 10.1. The van der Waals surface area contributed by atoms with E-state index < -0.39 is 0 Å². The molecule has 2 aromatic rings. The van der Waals surface area contributed by atoms with Gasteiger partial charge in [-0.2, -0.15) is 0 Å². The normalized spacial score (nSPS) is 12.6. The number of hydrogen-bond donors (Lipinski definition) is 1. The zero-order chi connectivity index (χ0) is 11.4. The Labute approximate surface area is 105 Å². The Morgan fingerprint density at radius 2 is 2.00 bits per heavy atom. The molecule has 0 spiro atoms. The van der Waals surface area contributed by atoms with Gasteiger partial charge < -0.3 is 5.73 Å². The quantitative estimate of drug-likeness (QED) is 0.827. The summed E-state index contributed by atoms with van der Waals surface area (Å²) < 4.78 is 0. The average Bonchev–Trinajstić information content (AvgIpc) is 2.80. The maximum Gasteiger partial charge on any atom is 0.0326 e. The lowest BCUT2D eigenvalue weighted by molar-refractivity contribution is 0.817. The van der Waals surface area contributed by atoms with Crippen LogP contribution in [0.3, 0.4) is 0 Å². The van der Waals surface area contributed by atoms with Gasteiger partial charge in [-0.15, -0.1) is 23.1 Å². The van der Waals surface area contributed by atoms with Crippen molar-refractivity contribution in [2.24, 2.45) is 5.73 Å². The van der Waals surface area contributed by atoms with Gasteiger partial charge in [0.1, 0.15) is 0 Å². The third kappa shape index (κ3) is 3.11. The first-order valence-electron chi connectivity index (χ1n) is 5.26. The van der Waals surface area contributed by atoms with Crippen LogP contribution in [-0.4, -0.2) is 0 Å². The Morgan fingerprint density at radius 3 is 2.56 bits per heavy atom. The molecule has 1 heterocycles. The van der Waals surface area contributed by atoms with Crippen molar-refractivity contribution in [3.8, 4) is 0 Å². The fraction of sp³-hybridized carbons (Fsp3) is 0.231. The summed E-state index contributed by atoms with van der Waals surface area (Å²) in [7, 11) is 0. The topological polar surface area (TPSA) is 26.0 Å². The van der Waals surface area contributed by atoms with Crippen LogP contribution in [0.25, 0.3) is 0 Å². The van der Waals surface area contributed by atoms with E-state index in [1.807, 2.05) is 30.0 Å². The van der Waals surface area contributed by atoms with Crippen molar-refractivity contribution >= 4 is 23.1 Å². The van der Waals surface area contributed by atoms with Crippen LogP contribution >= 0.6 is 23.1 Å². The fourth-order valence-electron chi connectivity index (χ4n) is 1.42. The van der Waals surface area contributed by atoms with Crippen LogP contribution in [0.2, 0.25) is 0 Å². The van der Waals surface area contributed by atoms with Gasteiger partial charge in [0.15, 0.2) is 0 Å². The molecule has 2 N–H and O–H groups in total. The summed E-state index contributed by atoms with van der Waals surface area (Å²) in [5, 5.41) is 2.12. The van der Waals surface area contributed by atoms with Gasteiger partial charge in [0.2, 0.25) is 0 Å². The summed E-state index contributed by atoms with van der Waals surface area (Å²) in [5.41, 5.74) is 7.00. The van der Waals surface area contributed by atoms with Crippen LogP contribution in [0.1, 0.15) is 23.4 Å². The van der Waals surface area contributed by atoms with E-state index in [4.69, 9.17) is 5.73 Å². The molecule has 16 heavy (non-hydrogen) atoms. The number of nitrogens with two attached hydrogens (primary N) is 1. The average molecular weight is 249 g/mol. The van der Waals surface area contributed by atoms with Gasteiger partial charge >= 0.3 is 0 Å². The summed E-state index contributed by atoms with van der Waals surface area (Å²) in [6.45, 7) is 2.01. The molecule has 0 fully saturated rings. The lowest BCUT2D eigenvalue weighted by Gasteiger charge is -2.06. The van der Waals surface area contributed by atoms with Gasteiger partial charge in [0.25, 0.3) is 0 Å². The van der Waals surface area contributed by atoms with Gasteiger partial charge in [-0.3, -0.25) is 0 Å². The minimum absolute atomic E-state index is 0.122. The summed E-state index contributed by atoms with van der Waals surface area (Å²) in [5.74, 6) is 1.05. The molecular formula is C13H15NS2. The highest BCUT2D eigenvalue weighted by molar-refractivity contribution is 7.98. The summed E-state index contributed by atoms with van der Waals surface area (Å²) in [4.78, 5) is 2.72.